The van der Waals surface area contributed by atoms with Crippen LogP contribution in [0.3, 0.4) is 0 Å². The highest BCUT2D eigenvalue weighted by atomic mass is 79.9. The van der Waals surface area contributed by atoms with Gasteiger partial charge in [0.05, 0.1) is 17.3 Å². The van der Waals surface area contributed by atoms with Crippen LogP contribution in [0.4, 0.5) is 5.69 Å². The summed E-state index contributed by atoms with van der Waals surface area (Å²) in [5.74, 6) is 0.877. The smallest absolute Gasteiger partial charge is 0.262 e. The monoisotopic (exact) mass is 397 g/mol. The molecule has 0 aromatic heterocycles. The van der Waals surface area contributed by atoms with Gasteiger partial charge in [-0.2, -0.15) is 0 Å². The fraction of sp³-hybridized carbons (Fsp3) is 0.235. The Kier molecular flexibility index (Phi) is 5.91. The van der Waals surface area contributed by atoms with Crippen LogP contribution < -0.4 is 14.8 Å². The van der Waals surface area contributed by atoms with Crippen LogP contribution >= 0.6 is 27.5 Å². The second-order valence-electron chi connectivity index (χ2n) is 5.13. The van der Waals surface area contributed by atoms with Crippen molar-refractivity contribution in [2.75, 3.05) is 19.0 Å². The molecular weight excluding hydrogens is 382 g/mol. The van der Waals surface area contributed by atoms with Crippen LogP contribution in [-0.4, -0.2) is 19.6 Å². The first-order valence-electron chi connectivity index (χ1n) is 6.93. The van der Waals surface area contributed by atoms with E-state index in [1.165, 1.54) is 7.11 Å². The van der Waals surface area contributed by atoms with Gasteiger partial charge < -0.3 is 14.8 Å². The summed E-state index contributed by atoms with van der Waals surface area (Å²) in [7, 11) is 1.52. The van der Waals surface area contributed by atoms with E-state index in [1.54, 1.807) is 12.1 Å². The molecule has 1 N–H and O–H groups in total. The molecule has 6 heteroatoms. The summed E-state index contributed by atoms with van der Waals surface area (Å²) >= 11 is 9.35. The van der Waals surface area contributed by atoms with Crippen molar-refractivity contribution in [3.63, 3.8) is 0 Å². The predicted molar refractivity (Wildman–Crippen MR) is 95.7 cm³/mol. The van der Waals surface area contributed by atoms with Crippen molar-refractivity contribution in [1.82, 2.24) is 0 Å². The van der Waals surface area contributed by atoms with E-state index < -0.39 is 0 Å². The lowest BCUT2D eigenvalue weighted by Crippen LogP contribution is -2.20. The lowest BCUT2D eigenvalue weighted by molar-refractivity contribution is -0.118. The molecule has 2 aromatic carbocycles. The largest absolute Gasteiger partial charge is 0.493 e. The number of ether oxygens (including phenoxy) is 2. The number of carbonyl (C=O) groups is 1. The summed E-state index contributed by atoms with van der Waals surface area (Å²) in [5, 5.41) is 3.23. The second-order valence-corrected chi connectivity index (χ2v) is 6.42. The minimum absolute atomic E-state index is 0.101. The van der Waals surface area contributed by atoms with Gasteiger partial charge in [0.2, 0.25) is 0 Å². The van der Waals surface area contributed by atoms with Crippen LogP contribution in [0.15, 0.2) is 34.8 Å². The van der Waals surface area contributed by atoms with E-state index in [9.17, 15) is 4.79 Å². The molecule has 0 atom stereocenters. The summed E-state index contributed by atoms with van der Waals surface area (Å²) in [6, 6.07) is 9.14. The topological polar surface area (TPSA) is 47.6 Å². The fourth-order valence-electron chi connectivity index (χ4n) is 2.21. The van der Waals surface area contributed by atoms with E-state index in [-0.39, 0.29) is 12.5 Å². The Hall–Kier alpha value is -1.72. The number of anilines is 1. The molecule has 4 nitrogen and oxygen atoms in total. The average molecular weight is 399 g/mol. The number of hydrogen-bond acceptors (Lipinski definition) is 3. The summed E-state index contributed by atoms with van der Waals surface area (Å²) in [4.78, 5) is 12.1. The maximum Gasteiger partial charge on any atom is 0.262 e. The normalized spacial score (nSPS) is 10.3. The van der Waals surface area contributed by atoms with Crippen LogP contribution in [0.5, 0.6) is 11.5 Å². The first-order valence-corrected chi connectivity index (χ1v) is 8.10. The van der Waals surface area contributed by atoms with Gasteiger partial charge in [0.15, 0.2) is 12.4 Å². The highest BCUT2D eigenvalue weighted by Gasteiger charge is 2.13. The van der Waals surface area contributed by atoms with E-state index in [0.29, 0.717) is 26.7 Å². The van der Waals surface area contributed by atoms with Crippen LogP contribution in [0, 0.1) is 13.8 Å². The molecule has 0 unspecified atom stereocenters. The van der Waals surface area contributed by atoms with Crippen LogP contribution in [0.25, 0.3) is 0 Å². The van der Waals surface area contributed by atoms with Crippen molar-refractivity contribution in [1.29, 1.82) is 0 Å². The number of nitrogens with one attached hydrogen (secondary N) is 1. The molecule has 23 heavy (non-hydrogen) atoms. The SMILES string of the molecule is COc1c(Br)cc(Cl)cc1NC(=O)COc1cc(C)cc(C)c1. The van der Waals surface area contributed by atoms with Crippen molar-refractivity contribution in [3.05, 3.63) is 51.0 Å². The maximum atomic E-state index is 12.1. The molecule has 0 heterocycles. The zero-order chi connectivity index (χ0) is 17.0. The Morgan fingerprint density at radius 2 is 1.83 bits per heavy atom. The minimum Gasteiger partial charge on any atom is -0.493 e. The molecule has 0 aliphatic rings. The molecule has 0 aliphatic heterocycles. The molecule has 0 saturated carbocycles. The molecule has 0 aliphatic carbocycles. The summed E-state index contributed by atoms with van der Waals surface area (Å²) < 4.78 is 11.5. The van der Waals surface area contributed by atoms with Gasteiger partial charge in [-0.3, -0.25) is 4.79 Å². The van der Waals surface area contributed by atoms with Crippen LogP contribution in [0.2, 0.25) is 5.02 Å². The molecule has 0 saturated heterocycles. The number of halogens is 2. The zero-order valence-corrected chi connectivity index (χ0v) is 15.4. The van der Waals surface area contributed by atoms with E-state index >= 15 is 0 Å². The third kappa shape index (κ3) is 4.88. The Bertz CT molecular complexity index is 714. The van der Waals surface area contributed by atoms with Crippen LogP contribution in [-0.2, 0) is 4.79 Å². The number of carbonyl (C=O) groups excluding carboxylic acids is 1. The molecule has 0 spiro atoms. The van der Waals surface area contributed by atoms with Crippen LogP contribution in [0.1, 0.15) is 11.1 Å². The van der Waals surface area contributed by atoms with Gasteiger partial charge in [0, 0.05) is 5.02 Å². The van der Waals surface area contributed by atoms with Gasteiger partial charge in [-0.25, -0.2) is 0 Å². The number of aryl methyl sites for hydroxylation is 2. The van der Waals surface area contributed by atoms with Crippen molar-refractivity contribution in [2.24, 2.45) is 0 Å². The number of hydrogen-bond donors (Lipinski definition) is 1. The quantitative estimate of drug-likeness (QED) is 0.791. The highest BCUT2D eigenvalue weighted by Crippen LogP contribution is 2.36. The Labute approximate surface area is 148 Å². The van der Waals surface area contributed by atoms with E-state index in [0.717, 1.165) is 11.1 Å². The average Bonchev–Trinajstić information content (AvgIpc) is 2.44. The van der Waals surface area contributed by atoms with Gasteiger partial charge in [0.25, 0.3) is 5.91 Å². The minimum atomic E-state index is -0.295. The highest BCUT2D eigenvalue weighted by molar-refractivity contribution is 9.10. The lowest BCUT2D eigenvalue weighted by Gasteiger charge is -2.13. The summed E-state index contributed by atoms with van der Waals surface area (Å²) in [6.45, 7) is 3.86. The van der Waals surface area contributed by atoms with Crippen molar-refractivity contribution in [2.45, 2.75) is 13.8 Å². The third-order valence-corrected chi connectivity index (χ3v) is 3.86. The molecule has 0 fully saturated rings. The van der Waals surface area contributed by atoms with Gasteiger partial charge in [0.1, 0.15) is 5.75 Å². The Morgan fingerprint density at radius 1 is 1.17 bits per heavy atom. The number of benzene rings is 2. The number of rotatable bonds is 5. The third-order valence-electron chi connectivity index (χ3n) is 3.05. The standard InChI is InChI=1S/C17H17BrClNO3/c1-10-4-11(2)6-13(5-10)23-9-16(21)20-15-8-12(19)7-14(18)17(15)22-3/h4-8H,9H2,1-3H3,(H,20,21). The molecular formula is C17H17BrClNO3. The first-order chi connectivity index (χ1) is 10.9. The van der Waals surface area contributed by atoms with Crippen molar-refractivity contribution in [3.8, 4) is 11.5 Å². The molecule has 122 valence electrons. The van der Waals surface area contributed by atoms with E-state index in [4.69, 9.17) is 21.1 Å². The summed E-state index contributed by atoms with van der Waals surface area (Å²) in [5.41, 5.74) is 2.66. The van der Waals surface area contributed by atoms with E-state index in [2.05, 4.69) is 21.2 Å². The molecule has 0 bridgehead atoms. The number of methoxy groups -OCH3 is 1. The van der Waals surface area contributed by atoms with Gasteiger partial charge >= 0.3 is 0 Å². The van der Waals surface area contributed by atoms with Gasteiger partial charge in [-0.15, -0.1) is 0 Å². The zero-order valence-electron chi connectivity index (χ0n) is 13.1. The molecule has 2 rings (SSSR count). The van der Waals surface area contributed by atoms with Crippen molar-refractivity contribution >= 4 is 39.1 Å². The second kappa shape index (κ2) is 7.70. The van der Waals surface area contributed by atoms with E-state index in [1.807, 2.05) is 32.0 Å². The van der Waals surface area contributed by atoms with Gasteiger partial charge in [-0.05, 0) is 65.2 Å². The lowest BCUT2D eigenvalue weighted by atomic mass is 10.1. The fourth-order valence-corrected chi connectivity index (χ4v) is 3.18. The first kappa shape index (κ1) is 17.6. The Morgan fingerprint density at radius 3 is 2.43 bits per heavy atom. The predicted octanol–water partition coefficient (Wildman–Crippen LogP) is 4.75. The molecule has 0 radical (unpaired) electrons. The molecule has 1 amide bonds. The number of amides is 1. The van der Waals surface area contributed by atoms with Crippen molar-refractivity contribution < 1.29 is 14.3 Å². The summed E-state index contributed by atoms with van der Waals surface area (Å²) in [6.07, 6.45) is 0. The Balaban J connectivity index is 2.05. The molecule has 2 aromatic rings. The maximum absolute atomic E-state index is 12.1. The van der Waals surface area contributed by atoms with Gasteiger partial charge in [-0.1, -0.05) is 17.7 Å².